The van der Waals surface area contributed by atoms with Crippen molar-refractivity contribution in [3.63, 3.8) is 0 Å². The predicted molar refractivity (Wildman–Crippen MR) is 127 cm³/mol. The largest absolute Gasteiger partial charge is 0.497 e. The zero-order chi connectivity index (χ0) is 27.2. The van der Waals surface area contributed by atoms with Gasteiger partial charge in [0, 0.05) is 20.6 Å². The van der Waals surface area contributed by atoms with E-state index in [0.29, 0.717) is 36.0 Å². The fourth-order valence-corrected chi connectivity index (χ4v) is 4.76. The Bertz CT molecular complexity index is 1570. The molecule has 0 saturated heterocycles. The Hall–Kier alpha value is -3.76. The number of fused-ring (bicyclic) bond motifs is 1. The van der Waals surface area contributed by atoms with E-state index in [9.17, 15) is 21.6 Å². The van der Waals surface area contributed by atoms with Crippen LogP contribution in [0.1, 0.15) is 17.2 Å². The maximum absolute atomic E-state index is 13.7. The summed E-state index contributed by atoms with van der Waals surface area (Å²) >= 11 is 0. The second kappa shape index (κ2) is 9.52. The summed E-state index contributed by atoms with van der Waals surface area (Å²) in [6.45, 7) is 0.745. The minimum absolute atomic E-state index is 0.0377. The summed E-state index contributed by atoms with van der Waals surface area (Å²) in [6, 6.07) is 6.79. The van der Waals surface area contributed by atoms with Gasteiger partial charge in [-0.15, -0.1) is 5.10 Å². The van der Waals surface area contributed by atoms with Crippen LogP contribution in [0.2, 0.25) is 0 Å². The maximum Gasteiger partial charge on any atom is 0.453 e. The summed E-state index contributed by atoms with van der Waals surface area (Å²) in [5, 5.41) is 3.75. The molecule has 38 heavy (non-hydrogen) atoms. The minimum atomic E-state index is -4.80. The smallest absolute Gasteiger partial charge is 0.453 e. The molecule has 1 aromatic carbocycles. The third kappa shape index (κ3) is 4.65. The van der Waals surface area contributed by atoms with Crippen LogP contribution in [0.5, 0.6) is 5.75 Å². The Morgan fingerprint density at radius 3 is 2.55 bits per heavy atom. The molecule has 16 heteroatoms. The van der Waals surface area contributed by atoms with Crippen LogP contribution in [0.4, 0.5) is 13.2 Å². The van der Waals surface area contributed by atoms with E-state index in [4.69, 9.17) is 9.47 Å². The van der Waals surface area contributed by atoms with E-state index in [0.717, 1.165) is 19.3 Å². The molecule has 0 spiro atoms. The van der Waals surface area contributed by atoms with Crippen LogP contribution in [0, 0.1) is 0 Å². The highest BCUT2D eigenvalue weighted by Crippen LogP contribution is 2.35. The molecule has 0 bridgehead atoms. The summed E-state index contributed by atoms with van der Waals surface area (Å²) < 4.78 is 81.8. The molecular weight excluding hydrogens is 529 g/mol. The molecular formula is C22H23F3N8O4S. The van der Waals surface area contributed by atoms with Gasteiger partial charge in [-0.05, 0) is 17.7 Å². The number of hydrogen-bond acceptors (Lipinski definition) is 8. The number of aromatic nitrogens is 7. The van der Waals surface area contributed by atoms with Crippen LogP contribution >= 0.6 is 0 Å². The number of methoxy groups -OCH3 is 1. The second-order valence-corrected chi connectivity index (χ2v) is 10.6. The van der Waals surface area contributed by atoms with Crippen LogP contribution in [-0.2, 0) is 40.8 Å². The lowest BCUT2D eigenvalue weighted by molar-refractivity contribution is -0.144. The van der Waals surface area contributed by atoms with E-state index in [1.165, 1.54) is 27.4 Å². The van der Waals surface area contributed by atoms with Crippen LogP contribution in [0.3, 0.4) is 0 Å². The van der Waals surface area contributed by atoms with Gasteiger partial charge < -0.3 is 14.0 Å². The highest BCUT2D eigenvalue weighted by atomic mass is 32.2. The molecule has 4 heterocycles. The Labute approximate surface area is 215 Å². The molecule has 0 unspecified atom stereocenters. The van der Waals surface area contributed by atoms with Crippen molar-refractivity contribution in [1.29, 1.82) is 0 Å². The third-order valence-electron chi connectivity index (χ3n) is 5.90. The molecule has 0 radical (unpaired) electrons. The number of imidazole rings is 2. The lowest BCUT2D eigenvalue weighted by Gasteiger charge is -2.16. The first-order valence-corrected chi connectivity index (χ1v) is 12.7. The highest BCUT2D eigenvalue weighted by molar-refractivity contribution is 7.87. The van der Waals surface area contributed by atoms with E-state index >= 15 is 0 Å². The Morgan fingerprint density at radius 1 is 1.16 bits per heavy atom. The quantitative estimate of drug-likeness (QED) is 0.342. The van der Waals surface area contributed by atoms with Gasteiger partial charge in [-0.2, -0.15) is 25.9 Å². The first-order chi connectivity index (χ1) is 18.0. The lowest BCUT2D eigenvalue weighted by Crippen LogP contribution is -2.27. The summed E-state index contributed by atoms with van der Waals surface area (Å²) in [7, 11) is 0.384. The highest BCUT2D eigenvalue weighted by Gasteiger charge is 2.38. The van der Waals surface area contributed by atoms with Crippen LogP contribution in [0.15, 0.2) is 36.8 Å². The number of nitrogens with zero attached hydrogens (tertiary/aromatic N) is 8. The molecule has 1 aliphatic rings. The number of hydrogen-bond donors (Lipinski definition) is 0. The van der Waals surface area contributed by atoms with Crippen LogP contribution < -0.4 is 4.74 Å². The average Bonchev–Trinajstić information content (AvgIpc) is 3.60. The minimum Gasteiger partial charge on any atom is -0.497 e. The standard InChI is InChI=1S/C22H23F3N8O4S/c1-30(2)38(34,35)31-11-16(26-13-31)19-18(27-17-12-37-9-8-32(17)19)20-28-21(22(23,24)25)29-33(20)10-14-4-6-15(36-3)7-5-14/h4-7,11,13H,8-10,12H2,1-3H3. The molecule has 0 amide bonds. The van der Waals surface area contributed by atoms with Crippen molar-refractivity contribution in [2.75, 3.05) is 27.8 Å². The molecule has 3 aromatic heterocycles. The van der Waals surface area contributed by atoms with Gasteiger partial charge in [0.25, 0.3) is 5.82 Å². The first-order valence-electron chi connectivity index (χ1n) is 11.3. The second-order valence-electron chi connectivity index (χ2n) is 8.57. The summed E-state index contributed by atoms with van der Waals surface area (Å²) in [5.74, 6) is -0.431. The molecule has 0 atom stereocenters. The fraction of sp³-hybridized carbons (Fsp3) is 0.364. The summed E-state index contributed by atoms with van der Waals surface area (Å²) in [4.78, 5) is 12.6. The zero-order valence-electron chi connectivity index (χ0n) is 20.5. The van der Waals surface area contributed by atoms with Gasteiger partial charge in [0.1, 0.15) is 35.9 Å². The van der Waals surface area contributed by atoms with E-state index < -0.39 is 22.2 Å². The van der Waals surface area contributed by atoms with E-state index in [2.05, 4.69) is 20.1 Å². The van der Waals surface area contributed by atoms with Crippen molar-refractivity contribution in [1.82, 2.24) is 37.6 Å². The van der Waals surface area contributed by atoms with Gasteiger partial charge >= 0.3 is 16.4 Å². The molecule has 1 aliphatic heterocycles. The van der Waals surface area contributed by atoms with Gasteiger partial charge in [-0.3, -0.25) is 0 Å². The van der Waals surface area contributed by atoms with Crippen molar-refractivity contribution in [3.8, 4) is 28.7 Å². The number of ether oxygens (including phenoxy) is 2. The van der Waals surface area contributed by atoms with E-state index in [1.807, 2.05) is 0 Å². The monoisotopic (exact) mass is 552 g/mol. The maximum atomic E-state index is 13.7. The van der Waals surface area contributed by atoms with Crippen molar-refractivity contribution >= 4 is 10.2 Å². The molecule has 0 N–H and O–H groups in total. The number of alkyl halides is 3. The van der Waals surface area contributed by atoms with Crippen molar-refractivity contribution in [2.24, 2.45) is 0 Å². The van der Waals surface area contributed by atoms with E-state index in [1.54, 1.807) is 28.8 Å². The average molecular weight is 553 g/mol. The van der Waals surface area contributed by atoms with Crippen molar-refractivity contribution in [2.45, 2.75) is 25.9 Å². The van der Waals surface area contributed by atoms with Gasteiger partial charge in [-0.25, -0.2) is 23.6 Å². The normalized spacial score (nSPS) is 14.2. The first kappa shape index (κ1) is 25.9. The predicted octanol–water partition coefficient (Wildman–Crippen LogP) is 2.27. The molecule has 4 aromatic rings. The van der Waals surface area contributed by atoms with Gasteiger partial charge in [-0.1, -0.05) is 12.1 Å². The Balaban J connectivity index is 1.67. The number of benzene rings is 1. The molecule has 0 saturated carbocycles. The molecule has 202 valence electrons. The molecule has 12 nitrogen and oxygen atoms in total. The molecule has 0 aliphatic carbocycles. The Kier molecular flexibility index (Phi) is 6.48. The number of halogens is 3. The van der Waals surface area contributed by atoms with Crippen molar-refractivity contribution in [3.05, 3.63) is 54.0 Å². The van der Waals surface area contributed by atoms with Crippen molar-refractivity contribution < 1.29 is 31.1 Å². The lowest BCUT2D eigenvalue weighted by atomic mass is 10.2. The zero-order valence-corrected chi connectivity index (χ0v) is 21.4. The van der Waals surface area contributed by atoms with Gasteiger partial charge in [0.05, 0.1) is 32.2 Å². The third-order valence-corrected chi connectivity index (χ3v) is 7.55. The molecule has 5 rings (SSSR count). The van der Waals surface area contributed by atoms with Crippen LogP contribution in [0.25, 0.3) is 22.9 Å². The fourth-order valence-electron chi connectivity index (χ4n) is 3.98. The number of rotatable bonds is 7. The molecule has 0 fully saturated rings. The van der Waals surface area contributed by atoms with E-state index in [-0.39, 0.29) is 30.4 Å². The summed E-state index contributed by atoms with van der Waals surface area (Å²) in [6.07, 6.45) is -2.39. The Morgan fingerprint density at radius 2 is 1.89 bits per heavy atom. The topological polar surface area (TPSA) is 122 Å². The summed E-state index contributed by atoms with van der Waals surface area (Å²) in [5.41, 5.74) is 1.24. The van der Waals surface area contributed by atoms with Gasteiger partial charge in [0.2, 0.25) is 0 Å². The van der Waals surface area contributed by atoms with Gasteiger partial charge in [0.15, 0.2) is 5.82 Å². The SMILES string of the molecule is COc1ccc(Cn2nc(C(F)(F)F)nc2-c2nc3n(c2-c2cn(S(=O)(=O)N(C)C)cn2)CCOC3)cc1. The van der Waals surface area contributed by atoms with Crippen LogP contribution in [-0.4, -0.2) is 73.8 Å².